The fourth-order valence-corrected chi connectivity index (χ4v) is 3.12. The molecular formula is C24H31NO2. The number of fused-ring (bicyclic) bond motifs is 2. The minimum atomic E-state index is 0.815. The van der Waals surface area contributed by atoms with Crippen LogP contribution in [0.4, 0.5) is 0 Å². The van der Waals surface area contributed by atoms with Crippen molar-refractivity contribution < 1.29 is 9.47 Å². The quantitative estimate of drug-likeness (QED) is 0.648. The first-order valence-corrected chi connectivity index (χ1v) is 9.61. The molecule has 27 heavy (non-hydrogen) atoms. The highest BCUT2D eigenvalue weighted by molar-refractivity contribution is 5.82. The molecule has 0 saturated carbocycles. The molecule has 4 rings (SSSR count). The molecule has 1 aliphatic rings. The first kappa shape index (κ1) is 20.8. The second-order valence-electron chi connectivity index (χ2n) is 6.25. The van der Waals surface area contributed by atoms with Gasteiger partial charge in [0, 0.05) is 6.54 Å². The van der Waals surface area contributed by atoms with Gasteiger partial charge in [-0.3, -0.25) is 0 Å². The van der Waals surface area contributed by atoms with Gasteiger partial charge in [0.25, 0.3) is 0 Å². The van der Waals surface area contributed by atoms with Crippen LogP contribution in [0.5, 0.6) is 11.5 Å². The third-order valence-electron chi connectivity index (χ3n) is 4.50. The van der Waals surface area contributed by atoms with Crippen LogP contribution in [0.2, 0.25) is 0 Å². The fourth-order valence-electron chi connectivity index (χ4n) is 3.12. The molecule has 0 atom stereocenters. The molecular weight excluding hydrogens is 334 g/mol. The van der Waals surface area contributed by atoms with E-state index < -0.39 is 0 Å². The van der Waals surface area contributed by atoms with Crippen molar-refractivity contribution in [1.82, 2.24) is 5.32 Å². The predicted molar refractivity (Wildman–Crippen MR) is 115 cm³/mol. The molecule has 0 unspecified atom stereocenters. The minimum Gasteiger partial charge on any atom is -0.493 e. The third kappa shape index (κ3) is 5.48. The Hall–Kier alpha value is -2.52. The van der Waals surface area contributed by atoms with Crippen LogP contribution in [0.15, 0.2) is 54.6 Å². The number of ether oxygens (including phenoxy) is 2. The lowest BCUT2D eigenvalue weighted by atomic mass is 10.0. The van der Waals surface area contributed by atoms with Crippen molar-refractivity contribution in [1.29, 1.82) is 0 Å². The van der Waals surface area contributed by atoms with Crippen LogP contribution < -0.4 is 14.8 Å². The zero-order chi connectivity index (χ0) is 19.6. The van der Waals surface area contributed by atoms with Crippen molar-refractivity contribution in [2.24, 2.45) is 0 Å². The summed E-state index contributed by atoms with van der Waals surface area (Å²) in [7, 11) is 3.34. The van der Waals surface area contributed by atoms with E-state index >= 15 is 0 Å². The predicted octanol–water partition coefficient (Wildman–Crippen LogP) is 5.52. The van der Waals surface area contributed by atoms with Crippen LogP contribution in [0.1, 0.15) is 30.5 Å². The molecule has 0 aliphatic carbocycles. The average molecular weight is 366 g/mol. The molecule has 0 spiro atoms. The Balaban J connectivity index is 0.000000181. The Morgan fingerprint density at radius 3 is 2.07 bits per heavy atom. The van der Waals surface area contributed by atoms with Crippen LogP contribution in [0.3, 0.4) is 0 Å². The molecule has 0 fully saturated rings. The van der Waals surface area contributed by atoms with E-state index in [-0.39, 0.29) is 0 Å². The number of aryl methyl sites for hydroxylation is 1. The van der Waals surface area contributed by atoms with Crippen molar-refractivity contribution in [3.05, 3.63) is 71.3 Å². The third-order valence-corrected chi connectivity index (χ3v) is 4.50. The van der Waals surface area contributed by atoms with E-state index in [0.717, 1.165) is 31.0 Å². The summed E-state index contributed by atoms with van der Waals surface area (Å²) < 4.78 is 10.5. The Labute approximate surface area is 163 Å². The van der Waals surface area contributed by atoms with E-state index in [4.69, 9.17) is 9.47 Å². The van der Waals surface area contributed by atoms with Crippen molar-refractivity contribution in [2.75, 3.05) is 20.8 Å². The summed E-state index contributed by atoms with van der Waals surface area (Å²) in [6, 6.07) is 19.0. The summed E-state index contributed by atoms with van der Waals surface area (Å²) in [5, 5.41) is 5.98. The van der Waals surface area contributed by atoms with Gasteiger partial charge >= 0.3 is 0 Å². The maximum Gasteiger partial charge on any atom is 0.161 e. The van der Waals surface area contributed by atoms with Crippen molar-refractivity contribution in [3.63, 3.8) is 0 Å². The van der Waals surface area contributed by atoms with Crippen LogP contribution >= 0.6 is 0 Å². The van der Waals surface area contributed by atoms with Gasteiger partial charge in [0.1, 0.15) is 0 Å². The monoisotopic (exact) mass is 365 g/mol. The van der Waals surface area contributed by atoms with Gasteiger partial charge < -0.3 is 14.8 Å². The number of hydrogen-bond acceptors (Lipinski definition) is 3. The molecule has 3 heteroatoms. The Bertz CT molecular complexity index is 814. The van der Waals surface area contributed by atoms with E-state index in [1.165, 1.54) is 27.5 Å². The van der Waals surface area contributed by atoms with Gasteiger partial charge in [0.05, 0.1) is 14.2 Å². The van der Waals surface area contributed by atoms with Gasteiger partial charge in [0.15, 0.2) is 11.5 Å². The maximum atomic E-state index is 5.26. The number of rotatable bonds is 2. The lowest BCUT2D eigenvalue weighted by Gasteiger charge is -2.19. The Morgan fingerprint density at radius 2 is 1.41 bits per heavy atom. The minimum absolute atomic E-state index is 0.815. The molecule has 1 aliphatic heterocycles. The summed E-state index contributed by atoms with van der Waals surface area (Å²) in [6.45, 7) is 8.09. The second-order valence-corrected chi connectivity index (χ2v) is 6.25. The standard InChI is InChI=1S/C11H15NO2.C11H10.C2H6/c1-13-10-5-8-3-4-12-7-9(8)6-11(10)14-2;1-9-6-7-10-4-2-3-5-11(10)8-9;1-2/h5-6,12H,3-4,7H2,1-2H3;2-8H,1H3;1-2H3. The molecule has 0 radical (unpaired) electrons. The molecule has 0 amide bonds. The summed E-state index contributed by atoms with van der Waals surface area (Å²) in [6.07, 6.45) is 1.07. The molecule has 0 saturated heterocycles. The van der Waals surface area contributed by atoms with Crippen molar-refractivity contribution >= 4 is 10.8 Å². The van der Waals surface area contributed by atoms with Crippen molar-refractivity contribution in [2.45, 2.75) is 33.7 Å². The highest BCUT2D eigenvalue weighted by Crippen LogP contribution is 2.31. The molecule has 0 bridgehead atoms. The molecule has 1 heterocycles. The largest absolute Gasteiger partial charge is 0.493 e. The normalized spacial score (nSPS) is 12.0. The number of hydrogen-bond donors (Lipinski definition) is 1. The van der Waals surface area contributed by atoms with Crippen LogP contribution in [-0.2, 0) is 13.0 Å². The zero-order valence-electron chi connectivity index (χ0n) is 17.1. The Morgan fingerprint density at radius 1 is 0.778 bits per heavy atom. The first-order valence-electron chi connectivity index (χ1n) is 9.61. The molecule has 3 nitrogen and oxygen atoms in total. The van der Waals surface area contributed by atoms with Crippen LogP contribution in [0.25, 0.3) is 10.8 Å². The SMILES string of the molecule is CC.COc1cc2c(cc1OC)CNCC2.Cc1ccc2ccccc2c1. The number of methoxy groups -OCH3 is 2. The molecule has 3 aromatic rings. The van der Waals surface area contributed by atoms with E-state index in [9.17, 15) is 0 Å². The summed E-state index contributed by atoms with van der Waals surface area (Å²) >= 11 is 0. The lowest BCUT2D eigenvalue weighted by Crippen LogP contribution is -2.23. The van der Waals surface area contributed by atoms with Gasteiger partial charge in [-0.2, -0.15) is 0 Å². The smallest absolute Gasteiger partial charge is 0.161 e. The van der Waals surface area contributed by atoms with E-state index in [1.54, 1.807) is 14.2 Å². The number of benzene rings is 3. The Kier molecular flexibility index (Phi) is 8.15. The lowest BCUT2D eigenvalue weighted by molar-refractivity contribution is 0.353. The maximum absolute atomic E-state index is 5.26. The van der Waals surface area contributed by atoms with Gasteiger partial charge in [-0.05, 0) is 53.9 Å². The first-order chi connectivity index (χ1) is 13.2. The van der Waals surface area contributed by atoms with E-state index in [0.29, 0.717) is 0 Å². The van der Waals surface area contributed by atoms with E-state index in [1.807, 2.05) is 13.8 Å². The molecule has 3 aromatic carbocycles. The highest BCUT2D eigenvalue weighted by Gasteiger charge is 2.13. The summed E-state index contributed by atoms with van der Waals surface area (Å²) in [4.78, 5) is 0. The summed E-state index contributed by atoms with van der Waals surface area (Å²) in [5.74, 6) is 1.64. The van der Waals surface area contributed by atoms with Gasteiger partial charge in [0.2, 0.25) is 0 Å². The number of nitrogens with one attached hydrogen (secondary N) is 1. The van der Waals surface area contributed by atoms with Crippen LogP contribution in [-0.4, -0.2) is 20.8 Å². The van der Waals surface area contributed by atoms with Gasteiger partial charge in [-0.1, -0.05) is 61.9 Å². The fraction of sp³-hybridized carbons (Fsp3) is 0.333. The van der Waals surface area contributed by atoms with Gasteiger partial charge in [-0.15, -0.1) is 0 Å². The van der Waals surface area contributed by atoms with Crippen LogP contribution in [0, 0.1) is 6.92 Å². The van der Waals surface area contributed by atoms with E-state index in [2.05, 4.69) is 66.8 Å². The molecule has 1 N–H and O–H groups in total. The zero-order valence-corrected chi connectivity index (χ0v) is 17.1. The van der Waals surface area contributed by atoms with Gasteiger partial charge in [-0.25, -0.2) is 0 Å². The molecule has 144 valence electrons. The average Bonchev–Trinajstić information content (AvgIpc) is 2.74. The highest BCUT2D eigenvalue weighted by atomic mass is 16.5. The van der Waals surface area contributed by atoms with Crippen molar-refractivity contribution in [3.8, 4) is 11.5 Å². The second kappa shape index (κ2) is 10.6. The topological polar surface area (TPSA) is 30.5 Å². The summed E-state index contributed by atoms with van der Waals surface area (Å²) in [5.41, 5.74) is 4.00. The molecule has 0 aromatic heterocycles.